The molecule has 5 saturated carbocycles. The molecule has 3 aliphatic heterocycles. The molecule has 13 atom stereocenters. The zero-order valence-corrected chi connectivity index (χ0v) is 29.9. The van der Waals surface area contributed by atoms with Crippen molar-refractivity contribution in [3.05, 3.63) is 0 Å². The first-order valence-electron chi connectivity index (χ1n) is 19.1. The predicted octanol–water partition coefficient (Wildman–Crippen LogP) is 5.80. The zero-order chi connectivity index (χ0) is 34.1. The van der Waals surface area contributed by atoms with Crippen LogP contribution >= 0.6 is 0 Å². The van der Waals surface area contributed by atoms with Crippen molar-refractivity contribution in [3.8, 4) is 0 Å². The van der Waals surface area contributed by atoms with Crippen molar-refractivity contribution < 1.29 is 38.8 Å². The summed E-state index contributed by atoms with van der Waals surface area (Å²) in [7, 11) is 0. The molecule has 0 aromatic rings. The molecule has 5 aliphatic carbocycles. The van der Waals surface area contributed by atoms with E-state index in [4.69, 9.17) is 14.2 Å². The maximum absolute atomic E-state index is 13.0. The minimum absolute atomic E-state index is 0.00984. The molecule has 0 bridgehead atoms. The number of carboxylic acids is 1. The first-order chi connectivity index (χ1) is 22.6. The fraction of sp³-hybridized carbons (Fsp3) is 0.921. The number of amides is 2. The van der Waals surface area contributed by atoms with E-state index in [-0.39, 0.29) is 89.1 Å². The van der Waals surface area contributed by atoms with Crippen LogP contribution in [-0.2, 0) is 19.0 Å². The second-order valence-electron chi connectivity index (χ2n) is 18.7. The standard InChI is InChI=1S/C38H58N2O8/c1-20(2)30(48-33(44)39-14-7-15-39)24-16-21(3)27-31(46-24)29(41)28-23-8-9-25-35(4,5)26(47-34(45)40-17-22(18-40)32(42)43)10-11-38(25)19-37(23,38)13-12-36(27,28)6/h20-31,41H,7-19H2,1-6H3,(H,42,43)/t21-,23?,24?,25?,26+,27?,28?,29-,30-,31?,36?,37+,38?/m1/s1. The monoisotopic (exact) mass is 670 g/mol. The molecular weight excluding hydrogens is 612 g/mol. The molecule has 0 aromatic carbocycles. The molecule has 8 aliphatic rings. The Bertz CT molecular complexity index is 1340. The molecule has 2 spiro atoms. The first kappa shape index (κ1) is 33.1. The van der Waals surface area contributed by atoms with Gasteiger partial charge in [-0.2, -0.15) is 0 Å². The molecule has 2 amide bonds. The number of ether oxygens (including phenoxy) is 3. The molecule has 3 saturated heterocycles. The SMILES string of the molecule is CC(C)[C@@H](OC(=O)N1CCC1)C1C[C@@H](C)C2C(O1)[C@H](O)C1C3CCC4C(C)(C)[C@@H](OC(=O)N5CC(C(=O)O)C5)CCC45C[C@@]35CCC12C. The average molecular weight is 671 g/mol. The van der Waals surface area contributed by atoms with Crippen LogP contribution in [0.4, 0.5) is 9.59 Å². The fourth-order valence-corrected chi connectivity index (χ4v) is 13.6. The highest BCUT2D eigenvalue weighted by Gasteiger charge is 2.82. The minimum atomic E-state index is -0.853. The van der Waals surface area contributed by atoms with Crippen LogP contribution in [0.1, 0.15) is 99.3 Å². The van der Waals surface area contributed by atoms with Gasteiger partial charge in [0.1, 0.15) is 12.2 Å². The quantitative estimate of drug-likeness (QED) is 0.376. The van der Waals surface area contributed by atoms with E-state index in [1.54, 1.807) is 4.90 Å². The highest BCUT2D eigenvalue weighted by Crippen LogP contribution is 2.87. The number of aliphatic carboxylic acids is 1. The summed E-state index contributed by atoms with van der Waals surface area (Å²) in [5.41, 5.74) is 0.288. The normalized spacial score (nSPS) is 47.6. The lowest BCUT2D eigenvalue weighted by molar-refractivity contribution is -0.180. The van der Waals surface area contributed by atoms with Gasteiger partial charge >= 0.3 is 18.2 Å². The van der Waals surface area contributed by atoms with E-state index in [9.17, 15) is 24.6 Å². The summed E-state index contributed by atoms with van der Waals surface area (Å²) in [4.78, 5) is 40.5. The third-order valence-electron chi connectivity index (χ3n) is 16.0. The van der Waals surface area contributed by atoms with Crippen molar-refractivity contribution in [2.45, 2.75) is 130 Å². The van der Waals surface area contributed by atoms with Crippen molar-refractivity contribution in [1.29, 1.82) is 0 Å². The number of hydrogen-bond acceptors (Lipinski definition) is 7. The summed E-state index contributed by atoms with van der Waals surface area (Å²) < 4.78 is 19.2. The molecule has 8 rings (SSSR count). The van der Waals surface area contributed by atoms with E-state index in [1.165, 1.54) is 17.7 Å². The van der Waals surface area contributed by atoms with Gasteiger partial charge in [0.25, 0.3) is 0 Å². The molecule has 268 valence electrons. The summed E-state index contributed by atoms with van der Waals surface area (Å²) in [5.74, 6) is 0.524. The number of aliphatic hydroxyl groups excluding tert-OH is 1. The van der Waals surface area contributed by atoms with Gasteiger partial charge < -0.3 is 34.2 Å². The van der Waals surface area contributed by atoms with Crippen molar-refractivity contribution in [2.75, 3.05) is 26.2 Å². The predicted molar refractivity (Wildman–Crippen MR) is 176 cm³/mol. The maximum Gasteiger partial charge on any atom is 0.410 e. The lowest BCUT2D eigenvalue weighted by atomic mass is 9.46. The lowest BCUT2D eigenvalue weighted by Gasteiger charge is -2.60. The number of hydrogen-bond donors (Lipinski definition) is 2. The Labute approximate surface area is 285 Å². The number of nitrogens with zero attached hydrogens (tertiary/aromatic N) is 2. The van der Waals surface area contributed by atoms with Gasteiger partial charge in [0, 0.05) is 31.6 Å². The van der Waals surface area contributed by atoms with Crippen molar-refractivity contribution in [3.63, 3.8) is 0 Å². The van der Waals surface area contributed by atoms with E-state index in [0.29, 0.717) is 17.8 Å². The van der Waals surface area contributed by atoms with Crippen molar-refractivity contribution in [2.24, 2.45) is 63.1 Å². The number of carbonyl (C=O) groups excluding carboxylic acids is 2. The van der Waals surface area contributed by atoms with Crippen LogP contribution in [0, 0.1) is 63.1 Å². The average Bonchev–Trinajstić information content (AvgIpc) is 3.56. The van der Waals surface area contributed by atoms with Gasteiger partial charge in [-0.25, -0.2) is 9.59 Å². The van der Waals surface area contributed by atoms with Gasteiger partial charge in [0.05, 0.1) is 24.2 Å². The highest BCUT2D eigenvalue weighted by atomic mass is 16.6. The van der Waals surface area contributed by atoms with Gasteiger partial charge in [0.2, 0.25) is 0 Å². The van der Waals surface area contributed by atoms with Crippen molar-refractivity contribution >= 4 is 18.2 Å². The van der Waals surface area contributed by atoms with Crippen LogP contribution in [-0.4, -0.2) is 94.9 Å². The Balaban J connectivity index is 0.987. The Kier molecular flexibility index (Phi) is 7.56. The number of likely N-dealkylation sites (tertiary alicyclic amines) is 2. The van der Waals surface area contributed by atoms with Crippen LogP contribution in [0.15, 0.2) is 0 Å². The number of carboxylic acid groups (broad SMARTS) is 1. The molecule has 3 heterocycles. The van der Waals surface area contributed by atoms with E-state index in [1.807, 2.05) is 0 Å². The largest absolute Gasteiger partial charge is 0.481 e. The molecule has 10 heteroatoms. The molecule has 0 aromatic heterocycles. The molecule has 8 unspecified atom stereocenters. The van der Waals surface area contributed by atoms with Gasteiger partial charge in [-0.15, -0.1) is 0 Å². The summed E-state index contributed by atoms with van der Waals surface area (Å²) in [6, 6.07) is 0. The van der Waals surface area contributed by atoms with Crippen LogP contribution in [0.3, 0.4) is 0 Å². The fourth-order valence-electron chi connectivity index (χ4n) is 13.6. The number of fused-ring (bicyclic) bond motifs is 4. The van der Waals surface area contributed by atoms with E-state index in [2.05, 4.69) is 41.5 Å². The summed E-state index contributed by atoms with van der Waals surface area (Å²) in [6.07, 6.45) is 7.33. The lowest BCUT2D eigenvalue weighted by Crippen LogP contribution is -2.58. The van der Waals surface area contributed by atoms with E-state index < -0.39 is 18.0 Å². The number of aliphatic hydroxyl groups is 1. The van der Waals surface area contributed by atoms with Gasteiger partial charge in [-0.05, 0) is 110 Å². The maximum atomic E-state index is 13.0. The topological polar surface area (TPSA) is 126 Å². The molecular formula is C38H58N2O8. The number of rotatable bonds is 5. The number of carbonyl (C=O) groups is 3. The second kappa shape index (κ2) is 11.0. The Morgan fingerprint density at radius 3 is 2.29 bits per heavy atom. The third-order valence-corrected chi connectivity index (χ3v) is 16.0. The molecule has 48 heavy (non-hydrogen) atoms. The van der Waals surface area contributed by atoms with E-state index >= 15 is 0 Å². The zero-order valence-electron chi connectivity index (χ0n) is 29.9. The molecule has 2 N–H and O–H groups in total. The molecule has 8 fully saturated rings. The third kappa shape index (κ3) is 4.45. The van der Waals surface area contributed by atoms with Crippen LogP contribution in [0.25, 0.3) is 0 Å². The van der Waals surface area contributed by atoms with Crippen LogP contribution in [0.5, 0.6) is 0 Å². The van der Waals surface area contributed by atoms with Crippen molar-refractivity contribution in [1.82, 2.24) is 9.80 Å². The molecule has 10 nitrogen and oxygen atoms in total. The summed E-state index contributed by atoms with van der Waals surface area (Å²) in [5, 5.41) is 21.6. The smallest absolute Gasteiger partial charge is 0.410 e. The summed E-state index contributed by atoms with van der Waals surface area (Å²) >= 11 is 0. The van der Waals surface area contributed by atoms with Gasteiger partial charge in [-0.3, -0.25) is 4.79 Å². The Morgan fingerprint density at radius 2 is 1.65 bits per heavy atom. The second-order valence-corrected chi connectivity index (χ2v) is 18.7. The summed E-state index contributed by atoms with van der Waals surface area (Å²) in [6.45, 7) is 15.6. The van der Waals surface area contributed by atoms with Gasteiger partial charge in [0.15, 0.2) is 0 Å². The highest BCUT2D eigenvalue weighted by molar-refractivity contribution is 5.76. The van der Waals surface area contributed by atoms with Gasteiger partial charge in [-0.1, -0.05) is 41.5 Å². The van der Waals surface area contributed by atoms with Crippen LogP contribution < -0.4 is 0 Å². The van der Waals surface area contributed by atoms with Crippen LogP contribution in [0.2, 0.25) is 0 Å². The Hall–Kier alpha value is -2.07. The van der Waals surface area contributed by atoms with E-state index in [0.717, 1.165) is 58.0 Å². The molecule has 0 radical (unpaired) electrons. The Morgan fingerprint density at radius 1 is 0.917 bits per heavy atom. The minimum Gasteiger partial charge on any atom is -0.481 e. The first-order valence-corrected chi connectivity index (χ1v) is 19.1.